The van der Waals surface area contributed by atoms with Crippen molar-refractivity contribution in [2.75, 3.05) is 20.8 Å². The Labute approximate surface area is 112 Å². The van der Waals surface area contributed by atoms with Crippen molar-refractivity contribution in [3.63, 3.8) is 0 Å². The summed E-state index contributed by atoms with van der Waals surface area (Å²) < 4.78 is 15.2. The van der Waals surface area contributed by atoms with Gasteiger partial charge in [0, 0.05) is 12.5 Å². The molecular formula is C14H18O5. The summed E-state index contributed by atoms with van der Waals surface area (Å²) in [6, 6.07) is 3.06. The molecule has 0 aliphatic heterocycles. The molecule has 0 radical (unpaired) electrons. The van der Waals surface area contributed by atoms with Crippen LogP contribution >= 0.6 is 0 Å². The van der Waals surface area contributed by atoms with Crippen molar-refractivity contribution < 1.29 is 23.8 Å². The molecule has 0 amide bonds. The van der Waals surface area contributed by atoms with E-state index in [1.807, 2.05) is 0 Å². The Morgan fingerprint density at radius 2 is 1.79 bits per heavy atom. The van der Waals surface area contributed by atoms with E-state index in [-0.39, 0.29) is 29.9 Å². The lowest BCUT2D eigenvalue weighted by molar-refractivity contribution is 0.0522. The first kappa shape index (κ1) is 15.0. The molecule has 0 N–H and O–H groups in total. The molecule has 0 spiro atoms. The summed E-state index contributed by atoms with van der Waals surface area (Å²) in [6.45, 7) is 3.66. The van der Waals surface area contributed by atoms with Crippen molar-refractivity contribution >= 4 is 11.8 Å². The summed E-state index contributed by atoms with van der Waals surface area (Å²) in [5.74, 6) is 0.0147. The second-order valence-electron chi connectivity index (χ2n) is 3.75. The minimum Gasteiger partial charge on any atom is -0.497 e. The molecule has 0 aliphatic carbocycles. The number of ketones is 1. The van der Waals surface area contributed by atoms with Gasteiger partial charge < -0.3 is 14.2 Å². The zero-order valence-electron chi connectivity index (χ0n) is 11.6. The van der Waals surface area contributed by atoms with Crippen molar-refractivity contribution in [1.82, 2.24) is 0 Å². The van der Waals surface area contributed by atoms with E-state index in [4.69, 9.17) is 14.2 Å². The van der Waals surface area contributed by atoms with Crippen LogP contribution in [0.25, 0.3) is 0 Å². The maximum Gasteiger partial charge on any atom is 0.339 e. The number of benzene rings is 1. The maximum atomic E-state index is 12.0. The summed E-state index contributed by atoms with van der Waals surface area (Å²) in [5, 5.41) is 0. The van der Waals surface area contributed by atoms with Crippen LogP contribution in [-0.2, 0) is 4.74 Å². The van der Waals surface area contributed by atoms with Gasteiger partial charge in [-0.15, -0.1) is 0 Å². The number of carbonyl (C=O) groups excluding carboxylic acids is 2. The fraction of sp³-hybridized carbons (Fsp3) is 0.429. The van der Waals surface area contributed by atoms with Crippen molar-refractivity contribution in [2.45, 2.75) is 20.3 Å². The topological polar surface area (TPSA) is 61.8 Å². The van der Waals surface area contributed by atoms with Crippen LogP contribution in [0, 0.1) is 0 Å². The van der Waals surface area contributed by atoms with Crippen LogP contribution in [0.2, 0.25) is 0 Å². The molecule has 0 saturated carbocycles. The van der Waals surface area contributed by atoms with Gasteiger partial charge in [-0.3, -0.25) is 4.79 Å². The molecule has 0 bridgehead atoms. The monoisotopic (exact) mass is 266 g/mol. The van der Waals surface area contributed by atoms with Crippen LogP contribution in [-0.4, -0.2) is 32.6 Å². The van der Waals surface area contributed by atoms with Crippen molar-refractivity contribution in [3.8, 4) is 11.5 Å². The van der Waals surface area contributed by atoms with Gasteiger partial charge in [0.15, 0.2) is 5.78 Å². The molecule has 5 nitrogen and oxygen atoms in total. The SMILES string of the molecule is CCOC(=O)c1cc(OC)cc(OC)c1C(=O)CC. The van der Waals surface area contributed by atoms with E-state index in [9.17, 15) is 9.59 Å². The molecule has 19 heavy (non-hydrogen) atoms. The van der Waals surface area contributed by atoms with Gasteiger partial charge in [0.25, 0.3) is 0 Å². The molecule has 1 aromatic carbocycles. The molecule has 0 saturated heterocycles. The van der Waals surface area contributed by atoms with Gasteiger partial charge in [-0.1, -0.05) is 6.92 Å². The lowest BCUT2D eigenvalue weighted by Gasteiger charge is -2.13. The van der Waals surface area contributed by atoms with E-state index in [0.717, 1.165) is 0 Å². The number of hydrogen-bond acceptors (Lipinski definition) is 5. The van der Waals surface area contributed by atoms with E-state index in [1.165, 1.54) is 20.3 Å². The van der Waals surface area contributed by atoms with Crippen LogP contribution in [0.15, 0.2) is 12.1 Å². The summed E-state index contributed by atoms with van der Waals surface area (Å²) in [5.41, 5.74) is 0.411. The maximum absolute atomic E-state index is 12.0. The standard InChI is InChI=1S/C14H18O5/c1-5-11(15)13-10(14(16)19-6-2)7-9(17-3)8-12(13)18-4/h7-8H,5-6H2,1-4H3. The average Bonchev–Trinajstić information content (AvgIpc) is 2.45. The van der Waals surface area contributed by atoms with E-state index in [0.29, 0.717) is 11.5 Å². The third-order valence-corrected chi connectivity index (χ3v) is 2.63. The smallest absolute Gasteiger partial charge is 0.339 e. The first-order chi connectivity index (χ1) is 9.08. The van der Waals surface area contributed by atoms with Crippen LogP contribution in [0.4, 0.5) is 0 Å². The van der Waals surface area contributed by atoms with Gasteiger partial charge in [-0.25, -0.2) is 4.79 Å². The van der Waals surface area contributed by atoms with Crippen LogP contribution in [0.1, 0.15) is 41.0 Å². The van der Waals surface area contributed by atoms with E-state index >= 15 is 0 Å². The Bertz CT molecular complexity index is 479. The Balaban J connectivity index is 3.45. The van der Waals surface area contributed by atoms with Crippen LogP contribution in [0.3, 0.4) is 0 Å². The molecule has 5 heteroatoms. The molecule has 104 valence electrons. The zero-order valence-corrected chi connectivity index (χ0v) is 11.6. The summed E-state index contributed by atoms with van der Waals surface area (Å²) in [6.07, 6.45) is 0.273. The highest BCUT2D eigenvalue weighted by Crippen LogP contribution is 2.30. The number of carbonyl (C=O) groups is 2. The molecule has 0 unspecified atom stereocenters. The molecule has 0 fully saturated rings. The lowest BCUT2D eigenvalue weighted by Crippen LogP contribution is -2.13. The minimum atomic E-state index is -0.559. The first-order valence-electron chi connectivity index (χ1n) is 6.05. The zero-order chi connectivity index (χ0) is 14.4. The number of rotatable bonds is 6. The van der Waals surface area contributed by atoms with Gasteiger partial charge in [-0.2, -0.15) is 0 Å². The number of methoxy groups -OCH3 is 2. The Morgan fingerprint density at radius 1 is 1.11 bits per heavy atom. The highest BCUT2D eigenvalue weighted by atomic mass is 16.5. The molecule has 1 aromatic rings. The largest absolute Gasteiger partial charge is 0.497 e. The Kier molecular flexibility index (Phi) is 5.36. The van der Waals surface area contributed by atoms with Crippen molar-refractivity contribution in [1.29, 1.82) is 0 Å². The minimum absolute atomic E-state index is 0.171. The number of Topliss-reactive ketones (excluding diaryl/α,β-unsaturated/α-hetero) is 1. The molecule has 0 atom stereocenters. The second kappa shape index (κ2) is 6.78. The molecule has 1 rings (SSSR count). The van der Waals surface area contributed by atoms with Gasteiger partial charge in [-0.05, 0) is 13.0 Å². The highest BCUT2D eigenvalue weighted by molar-refractivity contribution is 6.08. The molecule has 0 heterocycles. The average molecular weight is 266 g/mol. The van der Waals surface area contributed by atoms with Gasteiger partial charge in [0.2, 0.25) is 0 Å². The van der Waals surface area contributed by atoms with Gasteiger partial charge in [0.05, 0.1) is 32.0 Å². The van der Waals surface area contributed by atoms with Crippen LogP contribution < -0.4 is 9.47 Å². The predicted octanol–water partition coefficient (Wildman–Crippen LogP) is 2.47. The Morgan fingerprint density at radius 3 is 2.26 bits per heavy atom. The van der Waals surface area contributed by atoms with E-state index in [1.54, 1.807) is 19.9 Å². The quantitative estimate of drug-likeness (QED) is 0.584. The second-order valence-corrected chi connectivity index (χ2v) is 3.75. The van der Waals surface area contributed by atoms with Crippen molar-refractivity contribution in [3.05, 3.63) is 23.3 Å². The van der Waals surface area contributed by atoms with Crippen LogP contribution in [0.5, 0.6) is 11.5 Å². The van der Waals surface area contributed by atoms with Gasteiger partial charge >= 0.3 is 5.97 Å². The van der Waals surface area contributed by atoms with Gasteiger partial charge in [0.1, 0.15) is 11.5 Å². The predicted molar refractivity (Wildman–Crippen MR) is 70.1 cm³/mol. The normalized spacial score (nSPS) is 9.89. The Hall–Kier alpha value is -2.04. The fourth-order valence-corrected chi connectivity index (χ4v) is 1.70. The third-order valence-electron chi connectivity index (χ3n) is 2.63. The summed E-state index contributed by atoms with van der Waals surface area (Å²) >= 11 is 0. The summed E-state index contributed by atoms with van der Waals surface area (Å²) in [4.78, 5) is 23.9. The van der Waals surface area contributed by atoms with E-state index in [2.05, 4.69) is 0 Å². The summed E-state index contributed by atoms with van der Waals surface area (Å²) in [7, 11) is 2.92. The number of ether oxygens (including phenoxy) is 3. The third kappa shape index (κ3) is 3.24. The number of hydrogen-bond donors (Lipinski definition) is 0. The molecular weight excluding hydrogens is 248 g/mol. The fourth-order valence-electron chi connectivity index (χ4n) is 1.70. The molecule has 0 aromatic heterocycles. The van der Waals surface area contributed by atoms with E-state index < -0.39 is 5.97 Å². The molecule has 0 aliphatic rings. The lowest BCUT2D eigenvalue weighted by atomic mass is 10.00. The number of esters is 1. The highest BCUT2D eigenvalue weighted by Gasteiger charge is 2.23. The first-order valence-corrected chi connectivity index (χ1v) is 6.05. The van der Waals surface area contributed by atoms with Crippen molar-refractivity contribution in [2.24, 2.45) is 0 Å².